The van der Waals surface area contributed by atoms with Crippen LogP contribution in [0.1, 0.15) is 39.7 Å². The monoisotopic (exact) mass is 381 g/mol. The second-order valence-corrected chi connectivity index (χ2v) is 5.64. The molecule has 1 saturated heterocycles. The zero-order valence-corrected chi connectivity index (χ0v) is 16.1. The number of aromatic nitrogens is 2. The SMILES string of the molecule is CC.CC.N#Cc1ccc(N2C[C@H](N)C[C@H](C(F)(F)F)C2)c2nccnc12. The first-order chi connectivity index (χ1) is 12.9. The molecule has 0 spiro atoms. The van der Waals surface area contributed by atoms with Gasteiger partial charge >= 0.3 is 6.18 Å². The molecule has 1 aliphatic heterocycles. The average Bonchev–Trinajstić information content (AvgIpc) is 2.69. The first kappa shape index (κ1) is 22.6. The lowest BCUT2D eigenvalue weighted by molar-refractivity contribution is -0.177. The van der Waals surface area contributed by atoms with Crippen molar-refractivity contribution in [1.29, 1.82) is 5.26 Å². The van der Waals surface area contributed by atoms with Gasteiger partial charge in [0.1, 0.15) is 17.1 Å². The molecule has 0 aliphatic carbocycles. The van der Waals surface area contributed by atoms with Gasteiger partial charge in [0.2, 0.25) is 0 Å². The molecule has 27 heavy (non-hydrogen) atoms. The lowest BCUT2D eigenvalue weighted by Gasteiger charge is -2.38. The van der Waals surface area contributed by atoms with Crippen molar-refractivity contribution in [1.82, 2.24) is 9.97 Å². The van der Waals surface area contributed by atoms with E-state index in [2.05, 4.69) is 9.97 Å². The minimum Gasteiger partial charge on any atom is -0.368 e. The number of anilines is 1. The minimum atomic E-state index is -4.29. The van der Waals surface area contributed by atoms with E-state index >= 15 is 0 Å². The number of benzene rings is 1. The topological polar surface area (TPSA) is 78.8 Å². The van der Waals surface area contributed by atoms with Gasteiger partial charge in [-0.1, -0.05) is 27.7 Å². The molecule has 2 heterocycles. The molecule has 2 aromatic rings. The fourth-order valence-corrected chi connectivity index (χ4v) is 2.96. The van der Waals surface area contributed by atoms with Crippen LogP contribution in [0.5, 0.6) is 0 Å². The summed E-state index contributed by atoms with van der Waals surface area (Å²) < 4.78 is 39.2. The summed E-state index contributed by atoms with van der Waals surface area (Å²) in [5.74, 6) is -1.48. The van der Waals surface area contributed by atoms with Crippen LogP contribution in [-0.2, 0) is 0 Å². The van der Waals surface area contributed by atoms with Crippen molar-refractivity contribution in [2.45, 2.75) is 46.3 Å². The number of nitrogens with zero attached hydrogens (tertiary/aromatic N) is 4. The van der Waals surface area contributed by atoms with Gasteiger partial charge in [0.25, 0.3) is 0 Å². The number of piperidine rings is 1. The van der Waals surface area contributed by atoms with Crippen LogP contribution < -0.4 is 10.6 Å². The highest BCUT2D eigenvalue weighted by Crippen LogP contribution is 2.36. The van der Waals surface area contributed by atoms with Gasteiger partial charge in [0.15, 0.2) is 0 Å². The average molecular weight is 381 g/mol. The van der Waals surface area contributed by atoms with Gasteiger partial charge in [-0.15, -0.1) is 0 Å². The maximum absolute atomic E-state index is 13.1. The number of nitriles is 1. The summed E-state index contributed by atoms with van der Waals surface area (Å²) in [5.41, 5.74) is 7.49. The number of rotatable bonds is 1. The Balaban J connectivity index is 0.000000855. The van der Waals surface area contributed by atoms with E-state index < -0.39 is 18.1 Å². The van der Waals surface area contributed by atoms with E-state index in [-0.39, 0.29) is 13.0 Å². The molecule has 0 radical (unpaired) electrons. The molecule has 1 aliphatic rings. The number of halogens is 3. The molecular formula is C19H26F3N5. The van der Waals surface area contributed by atoms with Crippen LogP contribution in [0.2, 0.25) is 0 Å². The van der Waals surface area contributed by atoms with Crippen LogP contribution in [0, 0.1) is 17.2 Å². The fourth-order valence-electron chi connectivity index (χ4n) is 2.96. The first-order valence-electron chi connectivity index (χ1n) is 9.11. The third kappa shape index (κ3) is 5.30. The highest BCUT2D eigenvalue weighted by Gasteiger charge is 2.44. The van der Waals surface area contributed by atoms with Gasteiger partial charge in [-0.05, 0) is 18.6 Å². The van der Waals surface area contributed by atoms with E-state index in [4.69, 9.17) is 11.0 Å². The fraction of sp³-hybridized carbons (Fsp3) is 0.526. The molecule has 3 rings (SSSR count). The van der Waals surface area contributed by atoms with Gasteiger partial charge in [0, 0.05) is 31.5 Å². The van der Waals surface area contributed by atoms with E-state index in [1.807, 2.05) is 33.8 Å². The smallest absolute Gasteiger partial charge is 0.368 e. The van der Waals surface area contributed by atoms with Crippen molar-refractivity contribution in [2.24, 2.45) is 11.7 Å². The van der Waals surface area contributed by atoms with Gasteiger partial charge in [0.05, 0.1) is 17.2 Å². The zero-order valence-electron chi connectivity index (χ0n) is 16.1. The van der Waals surface area contributed by atoms with Gasteiger partial charge in [-0.2, -0.15) is 18.4 Å². The first-order valence-corrected chi connectivity index (χ1v) is 9.11. The lowest BCUT2D eigenvalue weighted by atomic mass is 9.93. The summed E-state index contributed by atoms with van der Waals surface area (Å²) in [6, 6.07) is 4.61. The Kier molecular flexibility index (Phi) is 8.44. The molecule has 0 saturated carbocycles. The molecule has 5 nitrogen and oxygen atoms in total. The Labute approximate surface area is 158 Å². The van der Waals surface area contributed by atoms with E-state index in [1.165, 1.54) is 12.4 Å². The predicted molar refractivity (Wildman–Crippen MR) is 101 cm³/mol. The van der Waals surface area contributed by atoms with Crippen LogP contribution in [0.3, 0.4) is 0 Å². The highest BCUT2D eigenvalue weighted by molar-refractivity contribution is 5.92. The van der Waals surface area contributed by atoms with Gasteiger partial charge in [-0.3, -0.25) is 9.97 Å². The Morgan fingerprint density at radius 2 is 1.67 bits per heavy atom. The molecule has 1 aromatic heterocycles. The molecular weight excluding hydrogens is 355 g/mol. The van der Waals surface area contributed by atoms with Crippen molar-refractivity contribution in [3.8, 4) is 6.07 Å². The second kappa shape index (κ2) is 10.1. The Morgan fingerprint density at radius 1 is 1.07 bits per heavy atom. The standard InChI is InChI=1S/C15H14F3N5.2C2H6/c16-15(17,18)10-5-11(20)8-23(7-10)12-2-1-9(6-19)13-14(12)22-4-3-21-13;2*1-2/h1-4,10-11H,5,7-8,20H2;2*1-2H3/t10-,11+;;/m0../s1. The third-order valence-corrected chi connectivity index (χ3v) is 4.01. The summed E-state index contributed by atoms with van der Waals surface area (Å²) >= 11 is 0. The molecule has 1 fully saturated rings. The molecule has 0 unspecified atom stereocenters. The highest BCUT2D eigenvalue weighted by atomic mass is 19.4. The molecule has 1 aromatic carbocycles. The van der Waals surface area contributed by atoms with Crippen LogP contribution in [-0.4, -0.2) is 35.3 Å². The quantitative estimate of drug-likeness (QED) is 0.798. The van der Waals surface area contributed by atoms with Crippen LogP contribution in [0.25, 0.3) is 11.0 Å². The van der Waals surface area contributed by atoms with E-state index in [0.29, 0.717) is 28.8 Å². The number of alkyl halides is 3. The minimum absolute atomic E-state index is 0.0834. The summed E-state index contributed by atoms with van der Waals surface area (Å²) in [6.45, 7) is 8.14. The molecule has 2 N–H and O–H groups in total. The number of nitrogens with two attached hydrogens (primary N) is 1. The largest absolute Gasteiger partial charge is 0.393 e. The predicted octanol–water partition coefficient (Wildman–Crippen LogP) is 4.27. The Hall–Kier alpha value is -2.40. The normalized spacial score (nSPS) is 19.3. The Bertz CT molecular complexity index is 770. The molecule has 2 atom stereocenters. The van der Waals surface area contributed by atoms with Gasteiger partial charge in [-0.25, -0.2) is 0 Å². The number of hydrogen-bond donors (Lipinski definition) is 1. The summed E-state index contributed by atoms with van der Waals surface area (Å²) in [7, 11) is 0. The molecule has 148 valence electrons. The summed E-state index contributed by atoms with van der Waals surface area (Å²) in [4.78, 5) is 9.92. The maximum Gasteiger partial charge on any atom is 0.393 e. The van der Waals surface area contributed by atoms with Crippen LogP contribution in [0.15, 0.2) is 24.5 Å². The van der Waals surface area contributed by atoms with E-state index in [0.717, 1.165) is 0 Å². The summed E-state index contributed by atoms with van der Waals surface area (Å²) in [6.07, 6.45) is -1.46. The molecule has 0 bridgehead atoms. The van der Waals surface area contributed by atoms with Crippen molar-refractivity contribution in [3.05, 3.63) is 30.1 Å². The number of hydrogen-bond acceptors (Lipinski definition) is 5. The van der Waals surface area contributed by atoms with Crippen molar-refractivity contribution >= 4 is 16.7 Å². The maximum atomic E-state index is 13.1. The van der Waals surface area contributed by atoms with Crippen molar-refractivity contribution in [3.63, 3.8) is 0 Å². The Morgan fingerprint density at radius 3 is 2.22 bits per heavy atom. The van der Waals surface area contributed by atoms with E-state index in [1.54, 1.807) is 17.0 Å². The summed E-state index contributed by atoms with van der Waals surface area (Å²) in [5, 5.41) is 9.13. The lowest BCUT2D eigenvalue weighted by Crippen LogP contribution is -2.51. The second-order valence-electron chi connectivity index (χ2n) is 5.64. The van der Waals surface area contributed by atoms with Gasteiger partial charge < -0.3 is 10.6 Å². The van der Waals surface area contributed by atoms with Crippen LogP contribution in [0.4, 0.5) is 18.9 Å². The van der Waals surface area contributed by atoms with E-state index in [9.17, 15) is 13.2 Å². The third-order valence-electron chi connectivity index (χ3n) is 4.01. The molecule has 0 amide bonds. The van der Waals surface area contributed by atoms with Crippen LogP contribution >= 0.6 is 0 Å². The van der Waals surface area contributed by atoms with Crippen molar-refractivity contribution in [2.75, 3.05) is 18.0 Å². The molecule has 8 heteroatoms. The number of fused-ring (bicyclic) bond motifs is 1. The van der Waals surface area contributed by atoms with Crippen molar-refractivity contribution < 1.29 is 13.2 Å². The zero-order chi connectivity index (χ0) is 20.6.